The fraction of sp³-hybridized carbons (Fsp3) is 0.900. The Labute approximate surface area is 97.6 Å². The van der Waals surface area contributed by atoms with Gasteiger partial charge >= 0.3 is 0 Å². The zero-order valence-electron chi connectivity index (χ0n) is 10.6. The van der Waals surface area contributed by atoms with E-state index in [4.69, 9.17) is 15.3 Å². The van der Waals surface area contributed by atoms with Crippen LogP contribution in [-0.2, 0) is 9.47 Å². The summed E-state index contributed by atoms with van der Waals surface area (Å²) in [7, 11) is 3.31. The molecule has 0 amide bonds. The van der Waals surface area contributed by atoms with Gasteiger partial charge in [0.15, 0.2) is 0 Å². The van der Waals surface area contributed by atoms with Crippen LogP contribution in [0.2, 0.25) is 0 Å². The Morgan fingerprint density at radius 3 is 2.44 bits per heavy atom. The van der Waals surface area contributed by atoms with E-state index >= 15 is 0 Å². The largest absolute Gasteiger partial charge is 0.383 e. The highest BCUT2D eigenvalue weighted by Crippen LogP contribution is 2.01. The van der Waals surface area contributed by atoms with Crippen LogP contribution < -0.4 is 16.6 Å². The van der Waals surface area contributed by atoms with Crippen molar-refractivity contribution in [1.29, 1.82) is 0 Å². The van der Waals surface area contributed by atoms with E-state index in [9.17, 15) is 0 Å². The lowest BCUT2D eigenvalue weighted by Crippen LogP contribution is -2.50. The number of hydrogen-bond acceptors (Lipinski definition) is 4. The molecule has 0 aliphatic rings. The SMILES string of the molecule is COCCN=C(NN)NC(COC)C(C)C. The molecule has 96 valence electrons. The molecule has 1 atom stereocenters. The highest BCUT2D eigenvalue weighted by molar-refractivity contribution is 5.79. The summed E-state index contributed by atoms with van der Waals surface area (Å²) in [5.41, 5.74) is 2.53. The van der Waals surface area contributed by atoms with Gasteiger partial charge in [0.1, 0.15) is 0 Å². The van der Waals surface area contributed by atoms with E-state index in [0.717, 1.165) is 0 Å². The number of methoxy groups -OCH3 is 2. The van der Waals surface area contributed by atoms with Gasteiger partial charge in [-0.1, -0.05) is 13.8 Å². The molecule has 6 nitrogen and oxygen atoms in total. The summed E-state index contributed by atoms with van der Waals surface area (Å²) in [6.07, 6.45) is 0. The van der Waals surface area contributed by atoms with Crippen LogP contribution in [0.4, 0.5) is 0 Å². The van der Waals surface area contributed by atoms with E-state index in [1.54, 1.807) is 14.2 Å². The maximum absolute atomic E-state index is 5.37. The van der Waals surface area contributed by atoms with E-state index in [0.29, 0.717) is 31.6 Å². The summed E-state index contributed by atoms with van der Waals surface area (Å²) in [6.45, 7) is 5.98. The smallest absolute Gasteiger partial charge is 0.206 e. The summed E-state index contributed by atoms with van der Waals surface area (Å²) >= 11 is 0. The minimum absolute atomic E-state index is 0.183. The van der Waals surface area contributed by atoms with Crippen molar-refractivity contribution in [2.75, 3.05) is 34.0 Å². The van der Waals surface area contributed by atoms with Crippen molar-refractivity contribution in [2.24, 2.45) is 16.8 Å². The monoisotopic (exact) mass is 232 g/mol. The Kier molecular flexibility index (Phi) is 8.88. The highest BCUT2D eigenvalue weighted by Gasteiger charge is 2.14. The highest BCUT2D eigenvalue weighted by atomic mass is 16.5. The van der Waals surface area contributed by atoms with Crippen LogP contribution in [0.3, 0.4) is 0 Å². The lowest BCUT2D eigenvalue weighted by Gasteiger charge is -2.23. The van der Waals surface area contributed by atoms with Gasteiger partial charge in [-0.05, 0) is 5.92 Å². The van der Waals surface area contributed by atoms with Crippen LogP contribution in [0, 0.1) is 5.92 Å². The van der Waals surface area contributed by atoms with Crippen molar-refractivity contribution in [1.82, 2.24) is 10.7 Å². The standard InChI is InChI=1S/C10H24N4O2/c1-8(2)9(7-16-4)13-10(14-11)12-5-6-15-3/h8-9H,5-7,11H2,1-4H3,(H2,12,13,14). The van der Waals surface area contributed by atoms with E-state index < -0.39 is 0 Å². The summed E-state index contributed by atoms with van der Waals surface area (Å²) in [5.74, 6) is 6.37. The normalized spacial score (nSPS) is 14.0. The molecular formula is C10H24N4O2. The van der Waals surface area contributed by atoms with E-state index in [2.05, 4.69) is 29.6 Å². The average molecular weight is 232 g/mol. The van der Waals surface area contributed by atoms with Crippen LogP contribution in [0.5, 0.6) is 0 Å². The van der Waals surface area contributed by atoms with Gasteiger partial charge in [0.25, 0.3) is 0 Å². The van der Waals surface area contributed by atoms with Crippen LogP contribution in [-0.4, -0.2) is 46.0 Å². The zero-order chi connectivity index (χ0) is 12.4. The number of hydrogen-bond donors (Lipinski definition) is 3. The Bertz CT molecular complexity index is 197. The van der Waals surface area contributed by atoms with E-state index in [1.807, 2.05) is 0 Å². The number of aliphatic imine (C=N–C) groups is 1. The molecule has 0 aliphatic carbocycles. The molecule has 0 spiro atoms. The number of nitrogens with zero attached hydrogens (tertiary/aromatic N) is 1. The van der Waals surface area contributed by atoms with Crippen LogP contribution in [0.15, 0.2) is 4.99 Å². The van der Waals surface area contributed by atoms with Gasteiger partial charge < -0.3 is 14.8 Å². The maximum Gasteiger partial charge on any atom is 0.206 e. The number of nitrogens with one attached hydrogen (secondary N) is 2. The van der Waals surface area contributed by atoms with Crippen LogP contribution in [0.1, 0.15) is 13.8 Å². The molecule has 0 aromatic carbocycles. The summed E-state index contributed by atoms with van der Waals surface area (Å²) in [4.78, 5) is 4.23. The summed E-state index contributed by atoms with van der Waals surface area (Å²) in [6, 6.07) is 0.183. The minimum atomic E-state index is 0.183. The first-order valence-corrected chi connectivity index (χ1v) is 5.41. The lowest BCUT2D eigenvalue weighted by molar-refractivity contribution is 0.155. The van der Waals surface area contributed by atoms with E-state index in [1.165, 1.54) is 0 Å². The number of hydrazine groups is 1. The molecule has 1 unspecified atom stereocenters. The lowest BCUT2D eigenvalue weighted by atomic mass is 10.1. The van der Waals surface area contributed by atoms with Gasteiger partial charge in [-0.2, -0.15) is 0 Å². The molecule has 0 fully saturated rings. The topological polar surface area (TPSA) is 80.9 Å². The molecule has 0 radical (unpaired) electrons. The van der Waals surface area contributed by atoms with Crippen molar-refractivity contribution in [2.45, 2.75) is 19.9 Å². The Hall–Kier alpha value is -0.850. The molecule has 0 aromatic heterocycles. The molecule has 0 aromatic rings. The van der Waals surface area contributed by atoms with E-state index in [-0.39, 0.29) is 6.04 Å². The van der Waals surface area contributed by atoms with Crippen molar-refractivity contribution in [3.8, 4) is 0 Å². The number of rotatable bonds is 7. The van der Waals surface area contributed by atoms with Crippen LogP contribution in [0.25, 0.3) is 0 Å². The molecule has 16 heavy (non-hydrogen) atoms. The van der Waals surface area contributed by atoms with Crippen molar-refractivity contribution in [3.05, 3.63) is 0 Å². The molecule has 0 saturated carbocycles. The Morgan fingerprint density at radius 2 is 2.00 bits per heavy atom. The van der Waals surface area contributed by atoms with Crippen molar-refractivity contribution >= 4 is 5.96 Å². The second kappa shape index (κ2) is 9.38. The molecule has 0 rings (SSSR count). The van der Waals surface area contributed by atoms with Gasteiger partial charge in [0.2, 0.25) is 5.96 Å². The predicted molar refractivity (Wildman–Crippen MR) is 65.1 cm³/mol. The second-order valence-corrected chi connectivity index (χ2v) is 3.82. The van der Waals surface area contributed by atoms with Gasteiger partial charge in [-0.15, -0.1) is 0 Å². The van der Waals surface area contributed by atoms with Gasteiger partial charge in [0, 0.05) is 14.2 Å². The molecule has 0 aliphatic heterocycles. The maximum atomic E-state index is 5.37. The van der Waals surface area contributed by atoms with Crippen molar-refractivity contribution < 1.29 is 9.47 Å². The number of ether oxygens (including phenoxy) is 2. The van der Waals surface area contributed by atoms with Gasteiger partial charge in [-0.3, -0.25) is 5.43 Å². The average Bonchev–Trinajstić information content (AvgIpc) is 2.26. The first kappa shape index (κ1) is 15.2. The van der Waals surface area contributed by atoms with Gasteiger partial charge in [-0.25, -0.2) is 10.8 Å². The minimum Gasteiger partial charge on any atom is -0.383 e. The first-order valence-electron chi connectivity index (χ1n) is 5.41. The summed E-state index contributed by atoms with van der Waals surface area (Å²) < 4.78 is 10.0. The fourth-order valence-electron chi connectivity index (χ4n) is 1.14. The first-order chi connectivity index (χ1) is 7.65. The third-order valence-electron chi connectivity index (χ3n) is 2.18. The predicted octanol–water partition coefficient (Wildman–Crippen LogP) is -0.287. The Balaban J connectivity index is 4.19. The third kappa shape index (κ3) is 6.60. The molecule has 6 heteroatoms. The quantitative estimate of drug-likeness (QED) is 0.185. The Morgan fingerprint density at radius 1 is 1.31 bits per heavy atom. The van der Waals surface area contributed by atoms with Crippen LogP contribution >= 0.6 is 0 Å². The molecule has 0 bridgehead atoms. The second-order valence-electron chi connectivity index (χ2n) is 3.82. The van der Waals surface area contributed by atoms with Crippen molar-refractivity contribution in [3.63, 3.8) is 0 Å². The zero-order valence-corrected chi connectivity index (χ0v) is 10.6. The fourth-order valence-corrected chi connectivity index (χ4v) is 1.14. The van der Waals surface area contributed by atoms with Gasteiger partial charge in [0.05, 0.1) is 25.8 Å². The molecule has 0 saturated heterocycles. The molecular weight excluding hydrogens is 208 g/mol. The number of nitrogens with two attached hydrogens (primary N) is 1. The molecule has 4 N–H and O–H groups in total. The molecule has 0 heterocycles. The number of guanidine groups is 1. The summed E-state index contributed by atoms with van der Waals surface area (Å²) in [5, 5.41) is 3.20. The third-order valence-corrected chi connectivity index (χ3v) is 2.18.